The molecular weight excluding hydrogens is 200 g/mol. The molecule has 0 fully saturated rings. The van der Waals surface area contributed by atoms with E-state index >= 15 is 0 Å². The molecule has 2 aliphatic rings. The van der Waals surface area contributed by atoms with E-state index in [-0.39, 0.29) is 6.03 Å². The molecule has 0 N–H and O–H groups in total. The number of carbonyl (C=O) groups excluding carboxylic acids is 1. The van der Waals surface area contributed by atoms with Gasteiger partial charge in [0.05, 0.1) is 11.7 Å². The molecule has 0 aromatic heterocycles. The van der Waals surface area contributed by atoms with Gasteiger partial charge in [-0.05, 0) is 30.9 Å². The Morgan fingerprint density at radius 1 is 1.31 bits per heavy atom. The lowest BCUT2D eigenvalue weighted by molar-refractivity contribution is 0.187. The van der Waals surface area contributed by atoms with E-state index in [0.29, 0.717) is 6.04 Å². The molecule has 3 rings (SSSR count). The maximum Gasteiger partial charge on any atom is 0.324 e. The maximum atomic E-state index is 12.0. The van der Waals surface area contributed by atoms with Crippen molar-refractivity contribution in [2.24, 2.45) is 0 Å². The molecule has 1 aliphatic carbocycles. The highest BCUT2D eigenvalue weighted by molar-refractivity contribution is 5.95. The van der Waals surface area contributed by atoms with Gasteiger partial charge < -0.3 is 4.90 Å². The normalized spacial score (nSPS) is 23.4. The van der Waals surface area contributed by atoms with Crippen molar-refractivity contribution in [1.29, 1.82) is 0 Å². The van der Waals surface area contributed by atoms with Gasteiger partial charge in [-0.3, -0.25) is 4.90 Å². The molecule has 0 saturated heterocycles. The number of amides is 2. The first-order chi connectivity index (χ1) is 7.70. The lowest BCUT2D eigenvalue weighted by Crippen LogP contribution is -2.46. The standard InChI is InChI=1S/C13H16N2O/c1-14-10-7-3-5-9-6-4-8-11(12(9)10)15(2)13(14)16/h3,5,7,11H,4,6,8H2,1-2H3. The van der Waals surface area contributed by atoms with Crippen LogP contribution in [-0.4, -0.2) is 25.0 Å². The van der Waals surface area contributed by atoms with Gasteiger partial charge in [0.2, 0.25) is 0 Å². The van der Waals surface area contributed by atoms with Gasteiger partial charge in [0, 0.05) is 19.7 Å². The SMILES string of the molecule is CN1C(=O)N(C)C2CCCc3cccc1c32. The number of urea groups is 1. The summed E-state index contributed by atoms with van der Waals surface area (Å²) >= 11 is 0. The van der Waals surface area contributed by atoms with Crippen LogP contribution < -0.4 is 4.90 Å². The number of carbonyl (C=O) groups is 1. The number of hydrogen-bond donors (Lipinski definition) is 0. The van der Waals surface area contributed by atoms with Crippen molar-refractivity contribution >= 4 is 11.7 Å². The largest absolute Gasteiger partial charge is 0.324 e. The van der Waals surface area contributed by atoms with E-state index in [4.69, 9.17) is 0 Å². The average Bonchev–Trinajstić information content (AvgIpc) is 2.33. The van der Waals surface area contributed by atoms with Gasteiger partial charge in [-0.2, -0.15) is 0 Å². The summed E-state index contributed by atoms with van der Waals surface area (Å²) in [6.07, 6.45) is 3.43. The third kappa shape index (κ3) is 1.11. The fourth-order valence-corrected chi connectivity index (χ4v) is 2.99. The van der Waals surface area contributed by atoms with Crippen molar-refractivity contribution in [3.8, 4) is 0 Å². The van der Waals surface area contributed by atoms with E-state index in [2.05, 4.69) is 18.2 Å². The molecule has 0 spiro atoms. The van der Waals surface area contributed by atoms with Gasteiger partial charge in [-0.15, -0.1) is 0 Å². The minimum Gasteiger partial charge on any atom is -0.320 e. The number of benzene rings is 1. The summed E-state index contributed by atoms with van der Waals surface area (Å²) in [5.41, 5.74) is 3.89. The Morgan fingerprint density at radius 3 is 2.94 bits per heavy atom. The Labute approximate surface area is 95.7 Å². The number of anilines is 1. The number of hydrogen-bond acceptors (Lipinski definition) is 1. The van der Waals surface area contributed by atoms with Crippen molar-refractivity contribution in [1.82, 2.24) is 4.90 Å². The zero-order valence-corrected chi connectivity index (χ0v) is 9.73. The second-order valence-corrected chi connectivity index (χ2v) is 4.71. The summed E-state index contributed by atoms with van der Waals surface area (Å²) in [6.45, 7) is 0. The summed E-state index contributed by atoms with van der Waals surface area (Å²) in [6, 6.07) is 6.72. The maximum absolute atomic E-state index is 12.0. The van der Waals surface area contributed by atoms with Crippen LogP contribution in [0.4, 0.5) is 10.5 Å². The molecule has 2 amide bonds. The predicted molar refractivity (Wildman–Crippen MR) is 63.7 cm³/mol. The summed E-state index contributed by atoms with van der Waals surface area (Å²) in [4.78, 5) is 15.7. The molecule has 3 nitrogen and oxygen atoms in total. The molecule has 84 valence electrons. The van der Waals surface area contributed by atoms with Crippen molar-refractivity contribution < 1.29 is 4.79 Å². The van der Waals surface area contributed by atoms with Crippen LogP contribution in [0.5, 0.6) is 0 Å². The molecule has 0 bridgehead atoms. The van der Waals surface area contributed by atoms with E-state index < -0.39 is 0 Å². The molecule has 1 aromatic carbocycles. The molecule has 1 aromatic rings. The van der Waals surface area contributed by atoms with Crippen LogP contribution >= 0.6 is 0 Å². The second kappa shape index (κ2) is 3.24. The minimum atomic E-state index is 0.108. The second-order valence-electron chi connectivity index (χ2n) is 4.71. The van der Waals surface area contributed by atoms with Crippen LogP contribution in [0.3, 0.4) is 0 Å². The molecular formula is C13H16N2O. The Balaban J connectivity index is 2.24. The molecule has 1 atom stereocenters. The van der Waals surface area contributed by atoms with E-state index in [1.807, 2.05) is 19.0 Å². The van der Waals surface area contributed by atoms with E-state index in [0.717, 1.165) is 18.5 Å². The van der Waals surface area contributed by atoms with E-state index in [1.54, 1.807) is 4.90 Å². The van der Waals surface area contributed by atoms with Gasteiger partial charge >= 0.3 is 6.03 Å². The number of aryl methyl sites for hydroxylation is 1. The first-order valence-electron chi connectivity index (χ1n) is 5.82. The Hall–Kier alpha value is -1.51. The van der Waals surface area contributed by atoms with Gasteiger partial charge in [-0.1, -0.05) is 12.1 Å². The summed E-state index contributed by atoms with van der Waals surface area (Å²) < 4.78 is 0. The van der Waals surface area contributed by atoms with Crippen molar-refractivity contribution in [3.63, 3.8) is 0 Å². The van der Waals surface area contributed by atoms with Gasteiger partial charge in [-0.25, -0.2) is 4.79 Å². The summed E-state index contributed by atoms with van der Waals surface area (Å²) in [5, 5.41) is 0. The monoisotopic (exact) mass is 216 g/mol. The zero-order chi connectivity index (χ0) is 11.3. The van der Waals surface area contributed by atoms with Crippen molar-refractivity contribution in [2.45, 2.75) is 25.3 Å². The topological polar surface area (TPSA) is 23.6 Å². The molecule has 0 saturated carbocycles. The predicted octanol–water partition coefficient (Wildman–Crippen LogP) is 2.57. The van der Waals surface area contributed by atoms with Crippen LogP contribution in [0.15, 0.2) is 18.2 Å². The fraction of sp³-hybridized carbons (Fsp3) is 0.462. The molecule has 1 aliphatic heterocycles. The van der Waals surface area contributed by atoms with Crippen LogP contribution in [0, 0.1) is 0 Å². The Morgan fingerprint density at radius 2 is 2.12 bits per heavy atom. The van der Waals surface area contributed by atoms with Crippen LogP contribution in [-0.2, 0) is 6.42 Å². The first-order valence-corrected chi connectivity index (χ1v) is 5.82. The highest BCUT2D eigenvalue weighted by Crippen LogP contribution is 2.43. The van der Waals surface area contributed by atoms with Crippen LogP contribution in [0.25, 0.3) is 0 Å². The smallest absolute Gasteiger partial charge is 0.320 e. The quantitative estimate of drug-likeness (QED) is 0.653. The third-order valence-electron chi connectivity index (χ3n) is 3.85. The van der Waals surface area contributed by atoms with Crippen molar-refractivity contribution in [2.75, 3.05) is 19.0 Å². The molecule has 1 heterocycles. The highest BCUT2D eigenvalue weighted by Gasteiger charge is 2.36. The van der Waals surface area contributed by atoms with Gasteiger partial charge in [0.15, 0.2) is 0 Å². The highest BCUT2D eigenvalue weighted by atomic mass is 16.2. The molecule has 3 heteroatoms. The number of rotatable bonds is 0. The fourth-order valence-electron chi connectivity index (χ4n) is 2.99. The summed E-state index contributed by atoms with van der Waals surface area (Å²) in [7, 11) is 3.77. The van der Waals surface area contributed by atoms with Crippen LogP contribution in [0.1, 0.15) is 30.0 Å². The van der Waals surface area contributed by atoms with Gasteiger partial charge in [0.25, 0.3) is 0 Å². The first kappa shape index (κ1) is 9.70. The average molecular weight is 216 g/mol. The summed E-state index contributed by atoms with van der Waals surface area (Å²) in [5.74, 6) is 0. The van der Waals surface area contributed by atoms with E-state index in [9.17, 15) is 4.79 Å². The lowest BCUT2D eigenvalue weighted by Gasteiger charge is -2.42. The Bertz CT molecular complexity index is 455. The van der Waals surface area contributed by atoms with Crippen LogP contribution in [0.2, 0.25) is 0 Å². The lowest BCUT2D eigenvalue weighted by atomic mass is 9.84. The van der Waals surface area contributed by atoms with Crippen molar-refractivity contribution in [3.05, 3.63) is 29.3 Å². The van der Waals surface area contributed by atoms with E-state index in [1.165, 1.54) is 17.5 Å². The third-order valence-corrected chi connectivity index (χ3v) is 3.85. The minimum absolute atomic E-state index is 0.108. The van der Waals surface area contributed by atoms with Gasteiger partial charge in [0.1, 0.15) is 0 Å². The zero-order valence-electron chi connectivity index (χ0n) is 9.73. The molecule has 1 unspecified atom stereocenters. The number of nitrogens with zero attached hydrogens (tertiary/aromatic N) is 2. The Kier molecular flexibility index (Phi) is 1.96. The molecule has 0 radical (unpaired) electrons. The molecule has 16 heavy (non-hydrogen) atoms.